The van der Waals surface area contributed by atoms with Gasteiger partial charge in [-0.15, -0.1) is 0 Å². The lowest BCUT2D eigenvalue weighted by Gasteiger charge is -2.47. The number of ether oxygens (including phenoxy) is 3. The van der Waals surface area contributed by atoms with Crippen molar-refractivity contribution in [1.82, 2.24) is 0 Å². The Hall–Kier alpha value is -0.630. The molecule has 0 radical (unpaired) electrons. The lowest BCUT2D eigenvalue weighted by atomic mass is 9.99. The van der Waals surface area contributed by atoms with Crippen LogP contribution in [0.3, 0.4) is 0 Å². The minimum Gasteiger partial charge on any atom is -0.387 e. The summed E-state index contributed by atoms with van der Waals surface area (Å²) in [7, 11) is -4.68. The zero-order valence-electron chi connectivity index (χ0n) is 18.3. The molecule has 0 aromatic heterocycles. The Morgan fingerprint density at radius 1 is 1.09 bits per heavy atom. The molecule has 2 saturated heterocycles. The summed E-state index contributed by atoms with van der Waals surface area (Å²) in [6, 6.07) is 16.7. The molecule has 2 aromatic rings. The van der Waals surface area contributed by atoms with Crippen LogP contribution in [0.2, 0.25) is 0 Å². The second-order valence-electron chi connectivity index (χ2n) is 7.99. The molecule has 2 aromatic carbocycles. The highest BCUT2D eigenvalue weighted by Gasteiger charge is 2.52. The van der Waals surface area contributed by atoms with Crippen LogP contribution in [0.25, 0.3) is 0 Å². The van der Waals surface area contributed by atoms with Crippen LogP contribution in [0.15, 0.2) is 59.5 Å². The molecule has 2 aliphatic heterocycles. The zero-order chi connectivity index (χ0) is 25.2. The van der Waals surface area contributed by atoms with Crippen molar-refractivity contribution < 1.29 is 36.1 Å². The van der Waals surface area contributed by atoms with Gasteiger partial charge in [-0.2, -0.15) is 8.42 Å². The van der Waals surface area contributed by atoms with Crippen LogP contribution in [-0.2, 0) is 33.0 Å². The molecule has 1 unspecified atom stereocenters. The lowest BCUT2D eigenvalue weighted by Crippen LogP contribution is -2.62. The normalized spacial score (nSPS) is 29.5. The molecule has 1 N–H and O–H groups in total. The summed E-state index contributed by atoms with van der Waals surface area (Å²) in [4.78, 5) is 0.812. The second-order valence-corrected chi connectivity index (χ2v) is 12.9. The molecule has 35 heavy (non-hydrogen) atoms. The van der Waals surface area contributed by atoms with Gasteiger partial charge in [0.15, 0.2) is 6.29 Å². The number of aliphatic hydroxyl groups excluding tert-OH is 1. The Morgan fingerprint density at radius 2 is 1.77 bits per heavy atom. The zero-order valence-corrected chi connectivity index (χ0v) is 22.2. The largest absolute Gasteiger partial charge is 0.400 e. The highest BCUT2D eigenvalue weighted by Crippen LogP contribution is 2.40. The predicted molar refractivity (Wildman–Crippen MR) is 132 cm³/mol. The fourth-order valence-corrected chi connectivity index (χ4v) is 5.89. The van der Waals surface area contributed by atoms with Crippen molar-refractivity contribution in [3.63, 3.8) is 0 Å². The summed E-state index contributed by atoms with van der Waals surface area (Å²) in [5.41, 5.74) is 0.900. The number of fused-ring (bicyclic) bond motifs is 1. The van der Waals surface area contributed by atoms with E-state index in [0.717, 1.165) is 10.5 Å². The molecule has 0 aliphatic carbocycles. The molecule has 2 aliphatic rings. The highest BCUT2D eigenvalue weighted by molar-refractivity contribution is 7.99. The van der Waals surface area contributed by atoms with Gasteiger partial charge in [0.25, 0.3) is 0 Å². The first kappa shape index (κ1) is 27.4. The third kappa shape index (κ3) is 7.45. The van der Waals surface area contributed by atoms with E-state index < -0.39 is 56.9 Å². The van der Waals surface area contributed by atoms with Crippen molar-refractivity contribution in [1.29, 1.82) is 0 Å². The summed E-state index contributed by atoms with van der Waals surface area (Å²) in [6.45, 7) is 1.26. The van der Waals surface area contributed by atoms with E-state index in [1.807, 2.05) is 49.4 Å². The molecule has 192 valence electrons. The van der Waals surface area contributed by atoms with Crippen LogP contribution in [0.4, 0.5) is 0 Å². The number of halogens is 3. The van der Waals surface area contributed by atoms with Crippen molar-refractivity contribution >= 4 is 57.0 Å². The molecular weight excluding hydrogens is 563 g/mol. The average molecular weight is 586 g/mol. The topological polar surface area (TPSA) is 101 Å². The summed E-state index contributed by atoms with van der Waals surface area (Å²) in [5, 5.41) is 11.1. The molecule has 6 atom stereocenters. The third-order valence-corrected chi connectivity index (χ3v) is 7.61. The van der Waals surface area contributed by atoms with Gasteiger partial charge in [0.05, 0.1) is 6.61 Å². The third-order valence-electron chi connectivity index (χ3n) is 5.25. The van der Waals surface area contributed by atoms with E-state index in [0.29, 0.717) is 5.56 Å². The van der Waals surface area contributed by atoms with Crippen molar-refractivity contribution in [3.05, 3.63) is 65.7 Å². The van der Waals surface area contributed by atoms with Gasteiger partial charge in [-0.25, -0.2) is 8.37 Å². The molecule has 0 bridgehead atoms. The van der Waals surface area contributed by atoms with E-state index in [4.69, 9.17) is 57.4 Å². The number of thioether (sulfide) groups is 1. The van der Waals surface area contributed by atoms with E-state index in [1.54, 1.807) is 12.1 Å². The van der Waals surface area contributed by atoms with Crippen molar-refractivity contribution in [3.8, 4) is 0 Å². The number of benzene rings is 2. The van der Waals surface area contributed by atoms with Gasteiger partial charge < -0.3 is 19.3 Å². The fourth-order valence-electron chi connectivity index (χ4n) is 3.60. The van der Waals surface area contributed by atoms with Crippen LogP contribution >= 0.6 is 46.6 Å². The standard InChI is InChI=1S/C22H23Cl3O8S2/c1-13-7-9-15(10-8-13)34-21-17(26)19(33-35(27,28)30-12-22(23,24)25)18-16(31-21)11-29-20(32-18)14-5-3-2-4-6-14/h2-10,16-21,26H,11-12H2,1H3/t16-,17-,18+,19-,20?,21+/m1/s1. The maximum atomic E-state index is 12.6. The highest BCUT2D eigenvalue weighted by atomic mass is 35.6. The number of rotatable bonds is 7. The maximum absolute atomic E-state index is 12.6. The smallest absolute Gasteiger partial charge is 0.387 e. The van der Waals surface area contributed by atoms with Gasteiger partial charge in [-0.3, -0.25) is 0 Å². The Kier molecular flexibility index (Phi) is 8.93. The Bertz CT molecular complexity index is 1080. The average Bonchev–Trinajstić information content (AvgIpc) is 2.82. The molecule has 13 heteroatoms. The van der Waals surface area contributed by atoms with Gasteiger partial charge in [0.2, 0.25) is 3.79 Å². The summed E-state index contributed by atoms with van der Waals surface area (Å²) in [5.74, 6) is 0. The van der Waals surface area contributed by atoms with E-state index in [1.165, 1.54) is 11.8 Å². The van der Waals surface area contributed by atoms with Gasteiger partial charge in [0.1, 0.15) is 36.5 Å². The first-order valence-electron chi connectivity index (χ1n) is 10.5. The predicted octanol–water partition coefficient (Wildman–Crippen LogP) is 4.30. The lowest BCUT2D eigenvalue weighted by molar-refractivity contribution is -0.315. The van der Waals surface area contributed by atoms with Crippen molar-refractivity contribution in [2.75, 3.05) is 13.2 Å². The molecule has 2 fully saturated rings. The minimum atomic E-state index is -4.68. The first-order chi connectivity index (χ1) is 16.5. The fraction of sp³-hybridized carbons (Fsp3) is 0.455. The van der Waals surface area contributed by atoms with Crippen molar-refractivity contribution in [2.24, 2.45) is 0 Å². The number of hydrogen-bond acceptors (Lipinski definition) is 9. The number of aryl methyl sites for hydroxylation is 1. The van der Waals surface area contributed by atoms with Gasteiger partial charge in [-0.1, -0.05) is 94.6 Å². The number of alkyl halides is 3. The quantitative estimate of drug-likeness (QED) is 0.477. The van der Waals surface area contributed by atoms with Crippen LogP contribution in [0, 0.1) is 6.92 Å². The van der Waals surface area contributed by atoms with Gasteiger partial charge >= 0.3 is 10.4 Å². The molecule has 0 amide bonds. The summed E-state index contributed by atoms with van der Waals surface area (Å²) < 4.78 is 51.0. The Balaban J connectivity index is 1.57. The summed E-state index contributed by atoms with van der Waals surface area (Å²) >= 11 is 18.0. The van der Waals surface area contributed by atoms with Crippen molar-refractivity contribution in [2.45, 2.75) is 51.8 Å². The summed E-state index contributed by atoms with van der Waals surface area (Å²) in [6.07, 6.45) is -5.33. The maximum Gasteiger partial charge on any atom is 0.400 e. The first-order valence-corrected chi connectivity index (χ1v) is 13.9. The Morgan fingerprint density at radius 3 is 2.43 bits per heavy atom. The SMILES string of the molecule is Cc1ccc(S[C@@H]2O[C@@H]3COC(c4ccccc4)O[C@@H]3[C@H](OS(=O)(=O)OCC(Cl)(Cl)Cl)[C@H]2O)cc1. The minimum absolute atomic E-state index is 0.0802. The van der Waals surface area contributed by atoms with E-state index in [-0.39, 0.29) is 6.61 Å². The molecule has 2 heterocycles. The molecule has 0 spiro atoms. The van der Waals surface area contributed by atoms with E-state index in [2.05, 4.69) is 0 Å². The monoisotopic (exact) mass is 584 g/mol. The van der Waals surface area contributed by atoms with E-state index in [9.17, 15) is 13.5 Å². The molecule has 4 rings (SSSR count). The number of hydrogen-bond donors (Lipinski definition) is 1. The van der Waals surface area contributed by atoms with Gasteiger partial charge in [-0.05, 0) is 19.1 Å². The molecule has 8 nitrogen and oxygen atoms in total. The van der Waals surface area contributed by atoms with Gasteiger partial charge in [0, 0.05) is 10.5 Å². The molecular formula is C22H23Cl3O8S2. The van der Waals surface area contributed by atoms with Crippen LogP contribution in [-0.4, -0.2) is 60.4 Å². The number of aliphatic hydroxyl groups is 1. The van der Waals surface area contributed by atoms with Crippen LogP contribution in [0.1, 0.15) is 17.4 Å². The van der Waals surface area contributed by atoms with Crippen LogP contribution in [0.5, 0.6) is 0 Å². The van der Waals surface area contributed by atoms with E-state index >= 15 is 0 Å². The molecule has 0 saturated carbocycles. The Labute approximate surface area is 223 Å². The second kappa shape index (κ2) is 11.4. The van der Waals surface area contributed by atoms with Crippen LogP contribution < -0.4 is 0 Å².